The first-order valence-corrected chi connectivity index (χ1v) is 3.86. The molecule has 0 aromatic heterocycles. The molecule has 3 N–H and O–H groups in total. The zero-order chi connectivity index (χ0) is 5.98. The van der Waals surface area contributed by atoms with Crippen molar-refractivity contribution < 1.29 is 0 Å². The molecule has 0 saturated carbocycles. The Labute approximate surface area is 54.2 Å². The first kappa shape index (κ1) is 6.39. The molecule has 1 aliphatic rings. The molecule has 1 heterocycles. The van der Waals surface area contributed by atoms with Gasteiger partial charge in [0.25, 0.3) is 0 Å². The van der Waals surface area contributed by atoms with E-state index >= 15 is 0 Å². The average Bonchev–Trinajstić information content (AvgIpc) is 2.14. The summed E-state index contributed by atoms with van der Waals surface area (Å²) in [5.41, 5.74) is 5.44. The number of hydrogen-bond donors (Lipinski definition) is 2. The molecule has 0 bridgehead atoms. The van der Waals surface area contributed by atoms with Crippen molar-refractivity contribution >= 4 is 11.8 Å². The summed E-state index contributed by atoms with van der Waals surface area (Å²) in [6.07, 6.45) is 0. The molecule has 2 atom stereocenters. The van der Waals surface area contributed by atoms with Crippen LogP contribution in [0.25, 0.3) is 0 Å². The van der Waals surface area contributed by atoms with E-state index in [1.807, 2.05) is 11.8 Å². The third kappa shape index (κ3) is 1.37. The quantitative estimate of drug-likeness (QED) is 0.527. The van der Waals surface area contributed by atoms with E-state index in [2.05, 4.69) is 12.2 Å². The highest BCUT2D eigenvalue weighted by Crippen LogP contribution is 2.19. The van der Waals surface area contributed by atoms with Crippen LogP contribution in [0.2, 0.25) is 0 Å². The lowest BCUT2D eigenvalue weighted by Crippen LogP contribution is -2.22. The van der Waals surface area contributed by atoms with Crippen LogP contribution < -0.4 is 11.1 Å². The van der Waals surface area contributed by atoms with E-state index in [-0.39, 0.29) is 0 Å². The summed E-state index contributed by atoms with van der Waals surface area (Å²) in [5, 5.41) is 4.58. The van der Waals surface area contributed by atoms with Gasteiger partial charge in [0.2, 0.25) is 0 Å². The monoisotopic (exact) mass is 132 g/mol. The third-order valence-corrected chi connectivity index (χ3v) is 2.61. The van der Waals surface area contributed by atoms with Crippen LogP contribution in [-0.2, 0) is 0 Å². The minimum Gasteiger partial charge on any atom is -0.329 e. The van der Waals surface area contributed by atoms with Crippen LogP contribution in [0, 0.1) is 0 Å². The van der Waals surface area contributed by atoms with Gasteiger partial charge in [-0.15, -0.1) is 11.8 Å². The van der Waals surface area contributed by atoms with Gasteiger partial charge >= 0.3 is 0 Å². The standard InChI is InChI=1S/C5H12N2S/c1-4-7-3-5(2-6)8-4/h4-5,7H,2-3,6H2,1H3/t4-,5-/m0/s1. The molecule has 48 valence electrons. The van der Waals surface area contributed by atoms with Crippen LogP contribution in [0.4, 0.5) is 0 Å². The Balaban J connectivity index is 2.22. The van der Waals surface area contributed by atoms with Crippen molar-refractivity contribution in [2.75, 3.05) is 13.1 Å². The van der Waals surface area contributed by atoms with E-state index in [1.165, 1.54) is 0 Å². The molecule has 0 radical (unpaired) electrons. The second-order valence-electron chi connectivity index (χ2n) is 2.04. The van der Waals surface area contributed by atoms with Crippen molar-refractivity contribution in [1.82, 2.24) is 5.32 Å². The molecule has 2 nitrogen and oxygen atoms in total. The Kier molecular flexibility index (Phi) is 2.16. The van der Waals surface area contributed by atoms with Crippen molar-refractivity contribution in [1.29, 1.82) is 0 Å². The summed E-state index contributed by atoms with van der Waals surface area (Å²) < 4.78 is 0. The molecule has 0 aliphatic carbocycles. The van der Waals surface area contributed by atoms with Gasteiger partial charge in [-0.05, 0) is 6.92 Å². The largest absolute Gasteiger partial charge is 0.329 e. The maximum absolute atomic E-state index is 5.44. The molecular weight excluding hydrogens is 120 g/mol. The first-order valence-electron chi connectivity index (χ1n) is 2.92. The number of nitrogens with two attached hydrogens (primary N) is 1. The highest BCUT2D eigenvalue weighted by molar-refractivity contribution is 8.00. The molecule has 1 rings (SSSR count). The van der Waals surface area contributed by atoms with Crippen LogP contribution in [0.1, 0.15) is 6.92 Å². The van der Waals surface area contributed by atoms with Gasteiger partial charge in [-0.2, -0.15) is 0 Å². The van der Waals surface area contributed by atoms with Gasteiger partial charge in [-0.25, -0.2) is 0 Å². The number of rotatable bonds is 1. The van der Waals surface area contributed by atoms with Gasteiger partial charge in [-0.3, -0.25) is 0 Å². The minimum absolute atomic E-state index is 0.614. The second-order valence-corrected chi connectivity index (χ2v) is 3.69. The summed E-state index contributed by atoms with van der Waals surface area (Å²) >= 11 is 1.93. The number of nitrogens with one attached hydrogen (secondary N) is 1. The summed E-state index contributed by atoms with van der Waals surface area (Å²) in [5.74, 6) is 0. The Bertz CT molecular complexity index is 76.8. The van der Waals surface area contributed by atoms with Crippen LogP contribution in [0.3, 0.4) is 0 Å². The molecular formula is C5H12N2S. The highest BCUT2D eigenvalue weighted by atomic mass is 32.2. The van der Waals surface area contributed by atoms with Gasteiger partial charge in [0, 0.05) is 18.3 Å². The molecule has 1 saturated heterocycles. The molecule has 8 heavy (non-hydrogen) atoms. The lowest BCUT2D eigenvalue weighted by molar-refractivity contribution is 0.709. The molecule has 0 amide bonds. The fourth-order valence-electron chi connectivity index (χ4n) is 0.821. The molecule has 3 heteroatoms. The van der Waals surface area contributed by atoms with Crippen molar-refractivity contribution in [3.05, 3.63) is 0 Å². The van der Waals surface area contributed by atoms with Crippen LogP contribution in [0.15, 0.2) is 0 Å². The topological polar surface area (TPSA) is 38.0 Å². The summed E-state index contributed by atoms with van der Waals surface area (Å²) in [4.78, 5) is 0. The van der Waals surface area contributed by atoms with E-state index in [4.69, 9.17) is 5.73 Å². The lowest BCUT2D eigenvalue weighted by Gasteiger charge is -2.00. The van der Waals surface area contributed by atoms with Crippen LogP contribution in [-0.4, -0.2) is 23.7 Å². The highest BCUT2D eigenvalue weighted by Gasteiger charge is 2.18. The van der Waals surface area contributed by atoms with Crippen molar-refractivity contribution in [3.63, 3.8) is 0 Å². The maximum atomic E-state index is 5.44. The van der Waals surface area contributed by atoms with Crippen molar-refractivity contribution in [2.45, 2.75) is 17.5 Å². The van der Waals surface area contributed by atoms with E-state index in [1.54, 1.807) is 0 Å². The summed E-state index contributed by atoms with van der Waals surface area (Å²) in [6.45, 7) is 4.06. The molecule has 0 unspecified atom stereocenters. The fourth-order valence-corrected chi connectivity index (χ4v) is 1.89. The first-order chi connectivity index (χ1) is 3.83. The molecule has 1 aliphatic heterocycles. The SMILES string of the molecule is C[C@H]1NC[C@H](CN)S1. The normalized spacial score (nSPS) is 38.2. The molecule has 0 aromatic rings. The van der Waals surface area contributed by atoms with Gasteiger partial charge in [0.1, 0.15) is 0 Å². The molecule has 0 aromatic carbocycles. The molecule has 1 fully saturated rings. The summed E-state index contributed by atoms with van der Waals surface area (Å²) in [6, 6.07) is 0. The fraction of sp³-hybridized carbons (Fsp3) is 1.00. The Morgan fingerprint density at radius 1 is 1.88 bits per heavy atom. The second kappa shape index (κ2) is 2.71. The third-order valence-electron chi connectivity index (χ3n) is 1.29. The maximum Gasteiger partial charge on any atom is 0.0507 e. The summed E-state index contributed by atoms with van der Waals surface area (Å²) in [7, 11) is 0. The smallest absolute Gasteiger partial charge is 0.0507 e. The van der Waals surface area contributed by atoms with Crippen molar-refractivity contribution in [2.24, 2.45) is 5.73 Å². The predicted molar refractivity (Wildman–Crippen MR) is 37.9 cm³/mol. The Morgan fingerprint density at radius 2 is 2.62 bits per heavy atom. The van der Waals surface area contributed by atoms with E-state index in [9.17, 15) is 0 Å². The predicted octanol–water partition coefficient (Wildman–Crippen LogP) is -0.00390. The lowest BCUT2D eigenvalue weighted by atomic mass is 10.4. The zero-order valence-electron chi connectivity index (χ0n) is 5.05. The van der Waals surface area contributed by atoms with Crippen molar-refractivity contribution in [3.8, 4) is 0 Å². The van der Waals surface area contributed by atoms with Gasteiger partial charge in [-0.1, -0.05) is 0 Å². The average molecular weight is 132 g/mol. The van der Waals surface area contributed by atoms with E-state index < -0.39 is 0 Å². The minimum atomic E-state index is 0.614. The van der Waals surface area contributed by atoms with Crippen LogP contribution in [0.5, 0.6) is 0 Å². The van der Waals surface area contributed by atoms with E-state index in [0.717, 1.165) is 13.1 Å². The Hall–Kier alpha value is 0.270. The Morgan fingerprint density at radius 3 is 2.88 bits per heavy atom. The number of thioether (sulfide) groups is 1. The zero-order valence-corrected chi connectivity index (χ0v) is 5.87. The van der Waals surface area contributed by atoms with Crippen LogP contribution >= 0.6 is 11.8 Å². The van der Waals surface area contributed by atoms with Gasteiger partial charge in [0.05, 0.1) is 5.37 Å². The molecule has 0 spiro atoms. The van der Waals surface area contributed by atoms with Gasteiger partial charge < -0.3 is 11.1 Å². The number of hydrogen-bond acceptors (Lipinski definition) is 3. The van der Waals surface area contributed by atoms with Gasteiger partial charge in [0.15, 0.2) is 0 Å². The van der Waals surface area contributed by atoms with E-state index in [0.29, 0.717) is 10.6 Å².